The van der Waals surface area contributed by atoms with E-state index in [9.17, 15) is 8.42 Å². The van der Waals surface area contributed by atoms with Gasteiger partial charge in [0, 0.05) is 12.3 Å². The Balaban J connectivity index is 3.42. The molecule has 0 unspecified atom stereocenters. The molecule has 8 heavy (non-hydrogen) atoms. The molecular weight excluding hydrogens is 146 g/mol. The van der Waals surface area contributed by atoms with Crippen molar-refractivity contribution in [3.63, 3.8) is 0 Å². The molecule has 3 nitrogen and oxygen atoms in total. The average Bonchev–Trinajstić information content (AvgIpc) is 1.59. The minimum atomic E-state index is -3.00. The van der Waals surface area contributed by atoms with E-state index in [0.717, 1.165) is 6.26 Å². The smallest absolute Gasteiger partial charge is 0.208 e. The molecule has 0 heterocycles. The highest BCUT2D eigenvalue weighted by atomic mass is 32.2. The summed E-state index contributed by atoms with van der Waals surface area (Å²) in [4.78, 5) is 0. The van der Waals surface area contributed by atoms with Crippen molar-refractivity contribution in [1.82, 2.24) is 4.72 Å². The summed E-state index contributed by atoms with van der Waals surface area (Å²) in [6.45, 7) is 0.355. The van der Waals surface area contributed by atoms with Crippen molar-refractivity contribution < 1.29 is 8.42 Å². The van der Waals surface area contributed by atoms with Crippen LogP contribution in [0, 0.1) is 0 Å². The van der Waals surface area contributed by atoms with E-state index in [0.29, 0.717) is 12.3 Å². The molecule has 0 fully saturated rings. The van der Waals surface area contributed by atoms with Gasteiger partial charge in [-0.1, -0.05) is 12.6 Å². The van der Waals surface area contributed by atoms with E-state index in [1.165, 1.54) is 0 Å². The monoisotopic (exact) mass is 154 g/mol. The summed E-state index contributed by atoms with van der Waals surface area (Å²) < 4.78 is 22.7. The Kier molecular flexibility index (Phi) is 3.43. The van der Waals surface area contributed by atoms with Gasteiger partial charge in [0.05, 0.1) is 6.26 Å². The number of hydrogen-bond acceptors (Lipinski definition) is 2. The molecule has 0 aromatic rings. The van der Waals surface area contributed by atoms with Crippen molar-refractivity contribution in [2.45, 2.75) is 0 Å². The number of hydrogen-bond donors (Lipinski definition) is 1. The van der Waals surface area contributed by atoms with Gasteiger partial charge in [0.15, 0.2) is 0 Å². The second kappa shape index (κ2) is 3.32. The lowest BCUT2D eigenvalue weighted by atomic mass is 10.8. The summed E-state index contributed by atoms with van der Waals surface area (Å²) in [6.07, 6.45) is 1.11. The molecule has 0 aliphatic heterocycles. The van der Waals surface area contributed by atoms with E-state index in [1.54, 1.807) is 0 Å². The lowest BCUT2D eigenvalue weighted by Gasteiger charge is -1.94. The molecule has 0 aliphatic rings. The first-order valence-corrected chi connectivity index (χ1v) is 4.56. The summed E-state index contributed by atoms with van der Waals surface area (Å²) in [5.74, 6) is 0.424. The fourth-order valence-corrected chi connectivity index (χ4v) is 0.931. The second-order valence-corrected chi connectivity index (χ2v) is 3.61. The van der Waals surface area contributed by atoms with Crippen molar-refractivity contribution in [3.8, 4) is 0 Å². The molecule has 1 N–H and O–H groups in total. The zero-order valence-corrected chi connectivity index (χ0v) is 6.18. The summed E-state index contributed by atoms with van der Waals surface area (Å²) in [5.41, 5.74) is 0. The van der Waals surface area contributed by atoms with E-state index >= 15 is 0 Å². The van der Waals surface area contributed by atoms with Gasteiger partial charge in [-0.3, -0.25) is 0 Å². The molecule has 1 radical (unpaired) electrons. The van der Waals surface area contributed by atoms with Crippen LogP contribution in [0.5, 0.6) is 0 Å². The molecule has 49 valence electrons. The van der Waals surface area contributed by atoms with E-state index in [4.69, 9.17) is 0 Å². The maximum absolute atomic E-state index is 10.2. The summed E-state index contributed by atoms with van der Waals surface area (Å²) in [6, 6.07) is 0. The van der Waals surface area contributed by atoms with Crippen LogP contribution in [0.3, 0.4) is 0 Å². The van der Waals surface area contributed by atoms with Crippen LogP contribution in [0.1, 0.15) is 0 Å². The van der Waals surface area contributed by atoms with Gasteiger partial charge in [-0.15, -0.1) is 0 Å². The summed E-state index contributed by atoms with van der Waals surface area (Å²) in [7, 11) is -3.00. The first-order chi connectivity index (χ1) is 3.56. The Labute approximate surface area is 54.9 Å². The van der Waals surface area contributed by atoms with Crippen LogP contribution in [0.4, 0.5) is 0 Å². The molecule has 0 aliphatic carbocycles. The molecule has 0 bridgehead atoms. The van der Waals surface area contributed by atoms with Gasteiger partial charge in [-0.25, -0.2) is 13.1 Å². The Morgan fingerprint density at radius 3 is 2.25 bits per heavy atom. The fraction of sp³-hybridized carbons (Fsp3) is 1.00. The molecule has 0 rings (SSSR count). The van der Waals surface area contributed by atoms with Crippen molar-refractivity contribution in [1.29, 1.82) is 0 Å². The first-order valence-electron chi connectivity index (χ1n) is 2.09. The van der Waals surface area contributed by atoms with Gasteiger partial charge in [0.2, 0.25) is 10.0 Å². The lowest BCUT2D eigenvalue weighted by Crippen LogP contribution is -2.23. The lowest BCUT2D eigenvalue weighted by molar-refractivity contribution is 0.590. The molecular formula is C3H8NO2S2. The number of rotatable bonds is 3. The minimum Gasteiger partial charge on any atom is -0.215 e. The average molecular weight is 154 g/mol. The van der Waals surface area contributed by atoms with Gasteiger partial charge < -0.3 is 0 Å². The van der Waals surface area contributed by atoms with Crippen molar-refractivity contribution in [2.24, 2.45) is 0 Å². The predicted octanol–water partition coefficient (Wildman–Crippen LogP) is -0.267. The Morgan fingerprint density at radius 2 is 2.12 bits per heavy atom. The van der Waals surface area contributed by atoms with Crippen LogP contribution in [-0.4, -0.2) is 27.0 Å². The van der Waals surface area contributed by atoms with E-state index in [2.05, 4.69) is 17.4 Å². The Bertz CT molecular complexity index is 139. The topological polar surface area (TPSA) is 46.2 Å². The highest BCUT2D eigenvalue weighted by Crippen LogP contribution is 1.73. The van der Waals surface area contributed by atoms with Crippen LogP contribution in [0.2, 0.25) is 0 Å². The molecule has 0 aromatic heterocycles. The van der Waals surface area contributed by atoms with E-state index in [-0.39, 0.29) is 0 Å². The van der Waals surface area contributed by atoms with Crippen LogP contribution in [0.25, 0.3) is 0 Å². The van der Waals surface area contributed by atoms with Gasteiger partial charge in [-0.05, 0) is 0 Å². The van der Waals surface area contributed by atoms with Crippen LogP contribution in [0.15, 0.2) is 0 Å². The van der Waals surface area contributed by atoms with Crippen molar-refractivity contribution in [2.75, 3.05) is 18.6 Å². The molecule has 0 saturated carbocycles. The maximum atomic E-state index is 10.2. The van der Waals surface area contributed by atoms with E-state index in [1.807, 2.05) is 0 Å². The van der Waals surface area contributed by atoms with Crippen LogP contribution >= 0.6 is 12.6 Å². The zero-order valence-electron chi connectivity index (χ0n) is 4.55. The highest BCUT2D eigenvalue weighted by Gasteiger charge is 1.95. The Morgan fingerprint density at radius 1 is 1.62 bits per heavy atom. The molecule has 0 amide bonds. The predicted molar refractivity (Wildman–Crippen MR) is 35.3 cm³/mol. The molecule has 5 heteroatoms. The van der Waals surface area contributed by atoms with Crippen molar-refractivity contribution in [3.05, 3.63) is 0 Å². The third kappa shape index (κ3) is 6.26. The SMILES string of the molecule is CS(=O)(=O)NCC[S]. The highest BCUT2D eigenvalue weighted by molar-refractivity contribution is 7.88. The van der Waals surface area contributed by atoms with Gasteiger partial charge in [0.1, 0.15) is 0 Å². The standard InChI is InChI=1S/C3H8NO2S2/c1-8(5,6)4-2-3-7/h4H,2-3H2,1H3. The minimum absolute atomic E-state index is 0.355. The van der Waals surface area contributed by atoms with Gasteiger partial charge >= 0.3 is 0 Å². The molecule has 0 aromatic carbocycles. The second-order valence-electron chi connectivity index (χ2n) is 1.37. The number of sulfonamides is 1. The molecule has 0 saturated heterocycles. The molecule has 0 atom stereocenters. The fourth-order valence-electron chi connectivity index (χ4n) is 0.227. The first kappa shape index (κ1) is 8.26. The third-order valence-electron chi connectivity index (χ3n) is 0.466. The zero-order chi connectivity index (χ0) is 6.62. The summed E-state index contributed by atoms with van der Waals surface area (Å²) >= 11 is 4.49. The van der Waals surface area contributed by atoms with Crippen LogP contribution in [-0.2, 0) is 10.0 Å². The largest absolute Gasteiger partial charge is 0.215 e. The summed E-state index contributed by atoms with van der Waals surface area (Å²) in [5, 5.41) is 0. The van der Waals surface area contributed by atoms with Gasteiger partial charge in [0.25, 0.3) is 0 Å². The van der Waals surface area contributed by atoms with E-state index < -0.39 is 10.0 Å². The van der Waals surface area contributed by atoms with Gasteiger partial charge in [-0.2, -0.15) is 0 Å². The molecule has 0 spiro atoms. The maximum Gasteiger partial charge on any atom is 0.208 e. The third-order valence-corrected chi connectivity index (χ3v) is 1.40. The number of nitrogens with one attached hydrogen (secondary N) is 1. The van der Waals surface area contributed by atoms with Crippen molar-refractivity contribution >= 4 is 22.7 Å². The van der Waals surface area contributed by atoms with Crippen LogP contribution < -0.4 is 4.72 Å². The quantitative estimate of drug-likeness (QED) is 0.608. The normalized spacial score (nSPS) is 11.8. The Hall–Kier alpha value is 0.260.